The van der Waals surface area contributed by atoms with E-state index in [4.69, 9.17) is 32.7 Å². The number of benzene rings is 2. The molecule has 0 aliphatic heterocycles. The Morgan fingerprint density at radius 1 is 1.09 bits per heavy atom. The Balaban J connectivity index is 1.90. The molecule has 0 saturated heterocycles. The smallest absolute Gasteiger partial charge is 0.221 e. The summed E-state index contributed by atoms with van der Waals surface area (Å²) in [6.07, 6.45) is 2.76. The van der Waals surface area contributed by atoms with E-state index in [-0.39, 0.29) is 33.0 Å². The van der Waals surface area contributed by atoms with Crippen LogP contribution in [0.15, 0.2) is 42.6 Å². The van der Waals surface area contributed by atoms with Crippen molar-refractivity contribution in [1.82, 2.24) is 4.98 Å². The summed E-state index contributed by atoms with van der Waals surface area (Å²) in [6, 6.07) is 10.4. The number of aryl methyl sites for hydroxylation is 1. The number of nitrogens with zero attached hydrogens (tertiary/aromatic N) is 1. The highest BCUT2D eigenvalue weighted by Crippen LogP contribution is 2.44. The molecular formula is C24H22Cl2FN3O3. The number of aromatic nitrogens is 1. The number of hydrogen-bond donors (Lipinski definition) is 2. The first-order chi connectivity index (χ1) is 15.7. The summed E-state index contributed by atoms with van der Waals surface area (Å²) in [4.78, 5) is 15.8. The van der Waals surface area contributed by atoms with Gasteiger partial charge in [-0.15, -0.1) is 0 Å². The van der Waals surface area contributed by atoms with E-state index in [1.807, 2.05) is 19.1 Å². The van der Waals surface area contributed by atoms with Crippen LogP contribution >= 0.6 is 23.2 Å². The highest BCUT2D eigenvalue weighted by molar-refractivity contribution is 6.39. The monoisotopic (exact) mass is 489 g/mol. The predicted octanol–water partition coefficient (Wildman–Crippen LogP) is 6.88. The summed E-state index contributed by atoms with van der Waals surface area (Å²) < 4.78 is 25.5. The van der Waals surface area contributed by atoms with Crippen LogP contribution in [-0.2, 0) is 4.79 Å². The van der Waals surface area contributed by atoms with Crippen molar-refractivity contribution < 1.29 is 18.7 Å². The quantitative estimate of drug-likeness (QED) is 0.378. The number of para-hydroxylation sites is 1. The lowest BCUT2D eigenvalue weighted by atomic mass is 10.1. The summed E-state index contributed by atoms with van der Waals surface area (Å²) >= 11 is 12.6. The van der Waals surface area contributed by atoms with Crippen LogP contribution in [-0.4, -0.2) is 25.1 Å². The van der Waals surface area contributed by atoms with Gasteiger partial charge >= 0.3 is 0 Å². The van der Waals surface area contributed by atoms with Crippen molar-refractivity contribution in [3.63, 3.8) is 0 Å². The maximum absolute atomic E-state index is 15.1. The largest absolute Gasteiger partial charge is 0.495 e. The maximum Gasteiger partial charge on any atom is 0.221 e. The van der Waals surface area contributed by atoms with Gasteiger partial charge in [0.2, 0.25) is 5.91 Å². The highest BCUT2D eigenvalue weighted by atomic mass is 35.5. The number of halogens is 3. The van der Waals surface area contributed by atoms with Crippen LogP contribution < -0.4 is 20.1 Å². The molecule has 1 aromatic heterocycles. The second kappa shape index (κ2) is 10.6. The molecule has 0 aliphatic carbocycles. The van der Waals surface area contributed by atoms with E-state index >= 15 is 4.39 Å². The zero-order valence-corrected chi connectivity index (χ0v) is 19.9. The van der Waals surface area contributed by atoms with Gasteiger partial charge in [-0.25, -0.2) is 9.37 Å². The molecule has 0 bridgehead atoms. The average Bonchev–Trinajstić information content (AvgIpc) is 2.77. The fraction of sp³-hybridized carbons (Fsp3) is 0.167. The lowest BCUT2D eigenvalue weighted by Gasteiger charge is -2.15. The first kappa shape index (κ1) is 24.4. The van der Waals surface area contributed by atoms with E-state index in [1.54, 1.807) is 18.2 Å². The van der Waals surface area contributed by atoms with Crippen molar-refractivity contribution in [2.45, 2.75) is 13.8 Å². The topological polar surface area (TPSA) is 72.5 Å². The van der Waals surface area contributed by atoms with Gasteiger partial charge in [-0.3, -0.25) is 4.79 Å². The predicted molar refractivity (Wildman–Crippen MR) is 132 cm³/mol. The number of nitrogens with one attached hydrogen (secondary N) is 2. The molecule has 6 nitrogen and oxygen atoms in total. The van der Waals surface area contributed by atoms with Crippen LogP contribution in [0.1, 0.15) is 23.6 Å². The van der Waals surface area contributed by atoms with Gasteiger partial charge in [0.05, 0.1) is 41.2 Å². The molecule has 0 aliphatic rings. The van der Waals surface area contributed by atoms with E-state index < -0.39 is 5.83 Å². The minimum absolute atomic E-state index is 0.0309. The van der Waals surface area contributed by atoms with Crippen LogP contribution in [0.4, 0.5) is 21.6 Å². The highest BCUT2D eigenvalue weighted by Gasteiger charge is 2.20. The first-order valence-corrected chi connectivity index (χ1v) is 10.6. The standard InChI is InChI=1S/C24H22Cl2FN3O3/c1-13-6-5-7-17(29-14(2)31)24(13)30-20-9-8-15(12-28-20)10-16(27)21-22(25)18(32-3)11-19(33-4)23(21)26/h5-12H,1-4H3,(H,28,30)(H,29,31)/b16-10-. The molecule has 3 aromatic rings. The van der Waals surface area contributed by atoms with E-state index in [9.17, 15) is 4.79 Å². The fourth-order valence-electron chi connectivity index (χ4n) is 3.13. The molecule has 0 fully saturated rings. The van der Waals surface area contributed by atoms with Crippen LogP contribution in [0.2, 0.25) is 10.0 Å². The molecule has 1 heterocycles. The summed E-state index contributed by atoms with van der Waals surface area (Å²) in [5, 5.41) is 6.05. The number of carbonyl (C=O) groups excluding carboxylic acids is 1. The van der Waals surface area contributed by atoms with Crippen molar-refractivity contribution in [2.75, 3.05) is 24.9 Å². The molecular weight excluding hydrogens is 468 g/mol. The second-order valence-electron chi connectivity index (χ2n) is 7.06. The Hall–Kier alpha value is -3.29. The van der Waals surface area contributed by atoms with E-state index in [1.165, 1.54) is 39.5 Å². The minimum Gasteiger partial charge on any atom is -0.495 e. The molecule has 2 aromatic carbocycles. The molecule has 0 unspecified atom stereocenters. The first-order valence-electron chi connectivity index (χ1n) is 9.83. The Morgan fingerprint density at radius 2 is 1.76 bits per heavy atom. The van der Waals surface area contributed by atoms with Crippen molar-refractivity contribution in [1.29, 1.82) is 0 Å². The third kappa shape index (κ3) is 5.56. The molecule has 9 heteroatoms. The van der Waals surface area contributed by atoms with E-state index in [0.29, 0.717) is 17.1 Å². The van der Waals surface area contributed by atoms with Gasteiger partial charge in [-0.05, 0) is 42.3 Å². The van der Waals surface area contributed by atoms with Crippen LogP contribution in [0.3, 0.4) is 0 Å². The van der Waals surface area contributed by atoms with Gasteiger partial charge in [-0.1, -0.05) is 35.3 Å². The number of anilines is 3. The molecule has 0 spiro atoms. The van der Waals surface area contributed by atoms with Gasteiger partial charge in [-0.2, -0.15) is 0 Å². The molecule has 0 atom stereocenters. The normalized spacial score (nSPS) is 11.2. The minimum atomic E-state index is -0.670. The Kier molecular flexibility index (Phi) is 7.79. The third-order valence-electron chi connectivity index (χ3n) is 4.73. The maximum atomic E-state index is 15.1. The van der Waals surface area contributed by atoms with Gasteiger partial charge in [0.15, 0.2) is 0 Å². The Bertz CT molecular complexity index is 1190. The van der Waals surface area contributed by atoms with Crippen LogP contribution in [0.25, 0.3) is 11.9 Å². The summed E-state index contributed by atoms with van der Waals surface area (Å²) in [5.74, 6) is 0.146. The Labute approximate surface area is 201 Å². The zero-order chi connectivity index (χ0) is 24.1. The number of pyridine rings is 1. The van der Waals surface area contributed by atoms with Gasteiger partial charge in [0.25, 0.3) is 0 Å². The average molecular weight is 490 g/mol. The number of rotatable bonds is 7. The van der Waals surface area contributed by atoms with Gasteiger partial charge < -0.3 is 20.1 Å². The summed E-state index contributed by atoms with van der Waals surface area (Å²) in [5.41, 5.74) is 2.73. The van der Waals surface area contributed by atoms with Crippen molar-refractivity contribution in [3.8, 4) is 11.5 Å². The number of methoxy groups -OCH3 is 2. The summed E-state index contributed by atoms with van der Waals surface area (Å²) in [7, 11) is 2.84. The Morgan fingerprint density at radius 3 is 2.30 bits per heavy atom. The lowest BCUT2D eigenvalue weighted by Crippen LogP contribution is -2.09. The van der Waals surface area contributed by atoms with Crippen molar-refractivity contribution in [2.24, 2.45) is 0 Å². The molecule has 0 saturated carbocycles. The molecule has 172 valence electrons. The molecule has 33 heavy (non-hydrogen) atoms. The number of hydrogen-bond acceptors (Lipinski definition) is 5. The molecule has 1 amide bonds. The number of amides is 1. The van der Waals surface area contributed by atoms with Crippen LogP contribution in [0, 0.1) is 6.92 Å². The van der Waals surface area contributed by atoms with E-state index in [2.05, 4.69) is 15.6 Å². The molecule has 3 rings (SSSR count). The number of ether oxygens (including phenoxy) is 2. The lowest BCUT2D eigenvalue weighted by molar-refractivity contribution is -0.114. The fourth-order valence-corrected chi connectivity index (χ4v) is 3.82. The van der Waals surface area contributed by atoms with Gasteiger partial charge in [0.1, 0.15) is 23.1 Å². The SMILES string of the molecule is COc1cc(OC)c(Cl)c(/C(F)=C/c2ccc(Nc3c(C)cccc3NC(C)=O)nc2)c1Cl. The van der Waals surface area contributed by atoms with Crippen LogP contribution in [0.5, 0.6) is 11.5 Å². The van der Waals surface area contributed by atoms with Crippen molar-refractivity contribution >= 4 is 58.2 Å². The van der Waals surface area contributed by atoms with E-state index in [0.717, 1.165) is 11.3 Å². The zero-order valence-electron chi connectivity index (χ0n) is 18.4. The third-order valence-corrected chi connectivity index (χ3v) is 5.48. The number of carbonyl (C=O) groups is 1. The summed E-state index contributed by atoms with van der Waals surface area (Å²) in [6.45, 7) is 3.35. The second-order valence-corrected chi connectivity index (χ2v) is 7.81. The molecule has 2 N–H and O–H groups in total. The van der Waals surface area contributed by atoms with Crippen molar-refractivity contribution in [3.05, 3.63) is 69.3 Å². The van der Waals surface area contributed by atoms with Gasteiger partial charge in [0, 0.05) is 19.2 Å². The molecule has 0 radical (unpaired) electrons.